The summed E-state index contributed by atoms with van der Waals surface area (Å²) in [6, 6.07) is 0. The Kier molecular flexibility index (Phi) is 1.94. The van der Waals surface area contributed by atoms with Gasteiger partial charge in [0, 0.05) is 0 Å². The lowest BCUT2D eigenvalue weighted by atomic mass is 12.6. The average Bonchev–Trinajstić information content (AvgIpc) is 1.38. The van der Waals surface area contributed by atoms with E-state index in [-0.39, 0.29) is 0 Å². The molecular weight excluding hydrogens is 79.0 g/mol. The monoisotopic (exact) mass is 82.0 g/mol. The van der Waals surface area contributed by atoms with Crippen LogP contribution in [0.2, 0.25) is 0 Å². The first-order valence-electron chi connectivity index (χ1n) is 0.816. The molecule has 0 bridgehead atoms. The smallest absolute Gasteiger partial charge is 0.0751 e. The highest BCUT2D eigenvalue weighted by Gasteiger charge is 1.80. The Balaban J connectivity index is 2.54. The van der Waals surface area contributed by atoms with Crippen molar-refractivity contribution >= 4 is 0 Å². The van der Waals surface area contributed by atoms with E-state index in [4.69, 9.17) is 10.4 Å². The average molecular weight is 82.0 g/mol. The summed E-state index contributed by atoms with van der Waals surface area (Å²) >= 11 is 0. The first-order chi connectivity index (χ1) is 2.27. The van der Waals surface area contributed by atoms with Gasteiger partial charge in [0.2, 0.25) is 0 Å². The van der Waals surface area contributed by atoms with Gasteiger partial charge in [-0.2, -0.15) is 0 Å². The molecule has 3 N–H and O–H groups in total. The summed E-state index contributed by atoms with van der Waals surface area (Å²) in [5, 5.41) is 13.3. The Labute approximate surface area is 27.3 Å². The van der Waals surface area contributed by atoms with Crippen molar-refractivity contribution in [2.24, 2.45) is 0 Å². The van der Waals surface area contributed by atoms with Crippen LogP contribution in [0.25, 0.3) is 0 Å². The number of nitrogens with zero attached hydrogens (tertiary/aromatic N) is 1. The fourth-order valence-corrected chi connectivity index (χ4v) is 0. The van der Waals surface area contributed by atoms with Crippen molar-refractivity contribution in [1.29, 1.82) is 0 Å². The molecule has 0 aromatic rings. The quantitative estimate of drug-likeness (QED) is 0.293. The molecule has 0 spiro atoms. The summed E-state index contributed by atoms with van der Waals surface area (Å²) in [7, 11) is 0. The summed E-state index contributed by atoms with van der Waals surface area (Å²) in [5.74, 6) is 0. The number of halogens is 1. The van der Waals surface area contributed by atoms with E-state index in [9.17, 15) is 4.48 Å². The van der Waals surface area contributed by atoms with Crippen LogP contribution in [0, 0.1) is 0 Å². The van der Waals surface area contributed by atoms with Gasteiger partial charge in [-0.3, -0.25) is 10.4 Å². The van der Waals surface area contributed by atoms with Crippen LogP contribution in [0.5, 0.6) is 0 Å². The third kappa shape index (κ3) is 3.77. The predicted octanol–water partition coefficient (Wildman–Crippen LogP) is -0.544. The van der Waals surface area contributed by atoms with Crippen LogP contribution in [0.1, 0.15) is 0 Å². The fourth-order valence-electron chi connectivity index (χ4n) is 0. The molecule has 0 aliphatic carbocycles. The molecule has 5 heteroatoms. The Bertz CT molecular complexity index is 21.6. The minimum Gasteiger partial charge on any atom is -0.298 e. The third-order valence-electron chi connectivity index (χ3n) is 0.0825. The Morgan fingerprint density at radius 3 is 2.00 bits per heavy atom. The Morgan fingerprint density at radius 1 is 1.80 bits per heavy atom. The van der Waals surface area contributed by atoms with Gasteiger partial charge in [0.05, 0.1) is 5.39 Å². The zero-order valence-electron chi connectivity index (χ0n) is 2.22. The molecule has 0 amide bonds. The van der Waals surface area contributed by atoms with E-state index in [2.05, 4.69) is 0 Å². The first-order valence-corrected chi connectivity index (χ1v) is 0.816. The molecule has 0 atom stereocenters. The summed E-state index contributed by atoms with van der Waals surface area (Å²) in [6.45, 7) is 0. The summed E-state index contributed by atoms with van der Waals surface area (Å²) in [5.41, 5.74) is 0.750. The van der Waals surface area contributed by atoms with E-state index in [1.165, 1.54) is 0 Å². The van der Waals surface area contributed by atoms with E-state index < -0.39 is 5.39 Å². The normalized spacial score (nSPS) is 9.60. The minimum atomic E-state index is -1.07. The Hall–Kier alpha value is -0.230. The lowest BCUT2D eigenvalue weighted by Crippen LogP contribution is -2.22. The molecule has 0 radical (unpaired) electrons. The van der Waals surface area contributed by atoms with Crippen molar-refractivity contribution in [3.05, 3.63) is 0 Å². The van der Waals surface area contributed by atoms with Gasteiger partial charge in [-0.25, -0.2) is 0 Å². The van der Waals surface area contributed by atoms with E-state index in [0.29, 0.717) is 0 Å². The van der Waals surface area contributed by atoms with Crippen LogP contribution >= 0.6 is 0 Å². The van der Waals surface area contributed by atoms with Gasteiger partial charge in [0.1, 0.15) is 0 Å². The molecule has 0 rings (SSSR count). The molecule has 0 saturated heterocycles. The summed E-state index contributed by atoms with van der Waals surface area (Å²) in [4.78, 5) is 0. The second-order valence-corrected chi connectivity index (χ2v) is 0.360. The molecule has 0 unspecified atom stereocenters. The summed E-state index contributed by atoms with van der Waals surface area (Å²) in [6.07, 6.45) is 0. The number of hydrogen-bond donors (Lipinski definition) is 3. The van der Waals surface area contributed by atoms with Gasteiger partial charge in [0.25, 0.3) is 0 Å². The Morgan fingerprint density at radius 2 is 2.00 bits per heavy atom. The van der Waals surface area contributed by atoms with Crippen molar-refractivity contribution in [1.82, 2.24) is 11.0 Å². The van der Waals surface area contributed by atoms with Crippen molar-refractivity contribution in [2.75, 3.05) is 0 Å². The van der Waals surface area contributed by atoms with Crippen molar-refractivity contribution < 1.29 is 14.9 Å². The molecule has 0 aromatic carbocycles. The maximum Gasteiger partial charge on any atom is 0.0751 e. The molecule has 0 aliphatic heterocycles. The predicted molar refractivity (Wildman–Crippen MR) is 9.66 cm³/mol. The van der Waals surface area contributed by atoms with Gasteiger partial charge in [-0.05, 0) is 0 Å². The maximum atomic E-state index is 10.5. The lowest BCUT2D eigenvalue weighted by molar-refractivity contribution is -0.331. The van der Waals surface area contributed by atoms with Crippen LogP contribution in [0.3, 0.4) is 0 Å². The van der Waals surface area contributed by atoms with E-state index in [0.717, 1.165) is 5.59 Å². The van der Waals surface area contributed by atoms with Crippen LogP contribution in [-0.2, 0) is 0 Å². The first kappa shape index (κ1) is 4.77. The molecular formula is H3FN2O2. The number of rotatable bonds is 1. The molecule has 32 valence electrons. The molecule has 4 nitrogen and oxygen atoms in total. The van der Waals surface area contributed by atoms with Gasteiger partial charge in [-0.15, -0.1) is 0 Å². The maximum absolute atomic E-state index is 10.5. The highest BCUT2D eigenvalue weighted by molar-refractivity contribution is 3.57. The third-order valence-corrected chi connectivity index (χ3v) is 0.0825. The van der Waals surface area contributed by atoms with Gasteiger partial charge < -0.3 is 0 Å². The SMILES string of the molecule is ONN(O)F. The van der Waals surface area contributed by atoms with Crippen molar-refractivity contribution in [3.8, 4) is 0 Å². The highest BCUT2D eigenvalue weighted by atomic mass is 19.2. The van der Waals surface area contributed by atoms with Crippen LogP contribution in [0.15, 0.2) is 0 Å². The van der Waals surface area contributed by atoms with Crippen molar-refractivity contribution in [2.45, 2.75) is 0 Å². The van der Waals surface area contributed by atoms with E-state index in [1.807, 2.05) is 0 Å². The highest BCUT2D eigenvalue weighted by Crippen LogP contribution is 1.61. The number of hydrogen-bond acceptors (Lipinski definition) is 4. The molecule has 0 heterocycles. The number of nitrogens with one attached hydrogen (secondary N) is 1. The van der Waals surface area contributed by atoms with Crippen LogP contribution in [0.4, 0.5) is 4.48 Å². The topological polar surface area (TPSA) is 55.7 Å². The zero-order chi connectivity index (χ0) is 4.28. The van der Waals surface area contributed by atoms with E-state index >= 15 is 0 Å². The summed E-state index contributed by atoms with van der Waals surface area (Å²) < 4.78 is 10.5. The van der Waals surface area contributed by atoms with Crippen LogP contribution < -0.4 is 5.59 Å². The van der Waals surface area contributed by atoms with Gasteiger partial charge >= 0.3 is 0 Å². The molecule has 0 fully saturated rings. The van der Waals surface area contributed by atoms with Crippen LogP contribution in [-0.4, -0.2) is 15.8 Å². The van der Waals surface area contributed by atoms with Gasteiger partial charge in [-0.1, -0.05) is 10.1 Å². The lowest BCUT2D eigenvalue weighted by Gasteiger charge is -1.91. The molecule has 0 aromatic heterocycles. The zero-order valence-corrected chi connectivity index (χ0v) is 2.22. The standard InChI is InChI=1S/FH3N2O2/c1-3(5)2-4/h2,4-5H. The second kappa shape index (κ2) is 2.04. The number of hydrazine groups is 1. The molecule has 0 aliphatic rings. The van der Waals surface area contributed by atoms with Gasteiger partial charge in [0.15, 0.2) is 0 Å². The van der Waals surface area contributed by atoms with E-state index in [1.54, 1.807) is 0 Å². The molecule has 5 heavy (non-hydrogen) atoms. The molecule has 0 saturated carbocycles. The largest absolute Gasteiger partial charge is 0.298 e. The second-order valence-electron chi connectivity index (χ2n) is 0.360. The minimum absolute atomic E-state index is 0.750. The fraction of sp³-hybridized carbons (Fsp3) is 0. The van der Waals surface area contributed by atoms with Crippen molar-refractivity contribution in [3.63, 3.8) is 0 Å².